The Labute approximate surface area is 104 Å². The van der Waals surface area contributed by atoms with Crippen molar-refractivity contribution in [2.45, 2.75) is 40.2 Å². The summed E-state index contributed by atoms with van der Waals surface area (Å²) in [6, 6.07) is 6.01. The van der Waals surface area contributed by atoms with Crippen LogP contribution in [0.1, 0.15) is 31.9 Å². The largest absolute Gasteiger partial charge is 0.325 e. The van der Waals surface area contributed by atoms with Crippen LogP contribution in [0.4, 0.5) is 5.69 Å². The molecule has 0 heterocycles. The Morgan fingerprint density at radius 2 is 1.88 bits per heavy atom. The number of amides is 1. The highest BCUT2D eigenvalue weighted by atomic mass is 16.1. The minimum atomic E-state index is -0.0420. The van der Waals surface area contributed by atoms with Crippen LogP contribution < -0.4 is 10.6 Å². The molecule has 0 fully saturated rings. The zero-order valence-electron chi connectivity index (χ0n) is 11.3. The maximum Gasteiger partial charge on any atom is 0.238 e. The van der Waals surface area contributed by atoms with Crippen molar-refractivity contribution in [2.75, 3.05) is 11.9 Å². The molecule has 1 aromatic carbocycles. The van der Waals surface area contributed by atoms with Crippen LogP contribution in [-0.4, -0.2) is 18.0 Å². The summed E-state index contributed by atoms with van der Waals surface area (Å²) in [6.07, 6.45) is 0. The molecule has 94 valence electrons. The molecule has 0 aromatic heterocycles. The average molecular weight is 234 g/mol. The number of anilines is 1. The topological polar surface area (TPSA) is 41.1 Å². The number of carbonyl (C=O) groups is 1. The molecule has 1 rings (SSSR count). The molecule has 0 radical (unpaired) electrons. The molecular formula is C14H22N2O. The second-order valence-corrected chi connectivity index (χ2v) is 5.47. The second kappa shape index (κ2) is 5.32. The van der Waals surface area contributed by atoms with Crippen molar-refractivity contribution in [3.63, 3.8) is 0 Å². The summed E-state index contributed by atoms with van der Waals surface area (Å²) in [5, 5.41) is 6.07. The van der Waals surface area contributed by atoms with E-state index in [1.807, 2.05) is 46.8 Å². The van der Waals surface area contributed by atoms with Gasteiger partial charge in [-0.1, -0.05) is 17.7 Å². The van der Waals surface area contributed by atoms with Crippen molar-refractivity contribution < 1.29 is 4.79 Å². The lowest BCUT2D eigenvalue weighted by Crippen LogP contribution is -2.41. The molecule has 0 bridgehead atoms. The van der Waals surface area contributed by atoms with Crippen molar-refractivity contribution in [1.29, 1.82) is 0 Å². The highest BCUT2D eigenvalue weighted by Gasteiger charge is 2.11. The van der Waals surface area contributed by atoms with Crippen LogP contribution in [0.2, 0.25) is 0 Å². The van der Waals surface area contributed by atoms with Gasteiger partial charge in [0.1, 0.15) is 0 Å². The zero-order chi connectivity index (χ0) is 13.1. The summed E-state index contributed by atoms with van der Waals surface area (Å²) in [4.78, 5) is 11.7. The fraction of sp³-hybridized carbons (Fsp3) is 0.500. The minimum absolute atomic E-state index is 0.00752. The number of carbonyl (C=O) groups excluding carboxylic acids is 1. The SMILES string of the molecule is Cc1ccc(NC(=O)CNC(C)(C)C)c(C)c1. The lowest BCUT2D eigenvalue weighted by Gasteiger charge is -2.20. The van der Waals surface area contributed by atoms with E-state index < -0.39 is 0 Å². The van der Waals surface area contributed by atoms with Gasteiger partial charge in [-0.05, 0) is 46.2 Å². The van der Waals surface area contributed by atoms with E-state index in [9.17, 15) is 4.79 Å². The smallest absolute Gasteiger partial charge is 0.238 e. The number of benzene rings is 1. The van der Waals surface area contributed by atoms with Gasteiger partial charge >= 0.3 is 0 Å². The maximum atomic E-state index is 11.7. The number of rotatable bonds is 3. The third-order valence-corrected chi connectivity index (χ3v) is 2.44. The Morgan fingerprint density at radius 3 is 2.41 bits per heavy atom. The number of aryl methyl sites for hydroxylation is 2. The summed E-state index contributed by atoms with van der Waals surface area (Å²) < 4.78 is 0. The lowest BCUT2D eigenvalue weighted by atomic mass is 10.1. The number of hydrogen-bond acceptors (Lipinski definition) is 2. The molecule has 0 spiro atoms. The Balaban J connectivity index is 2.57. The first-order chi connectivity index (χ1) is 7.78. The maximum absolute atomic E-state index is 11.7. The Morgan fingerprint density at radius 1 is 1.24 bits per heavy atom. The van der Waals surface area contributed by atoms with Crippen LogP contribution in [0.3, 0.4) is 0 Å². The fourth-order valence-corrected chi connectivity index (χ4v) is 1.49. The highest BCUT2D eigenvalue weighted by molar-refractivity contribution is 5.93. The molecule has 0 aliphatic heterocycles. The number of nitrogens with one attached hydrogen (secondary N) is 2. The van der Waals surface area contributed by atoms with Crippen LogP contribution in [0.25, 0.3) is 0 Å². The third-order valence-electron chi connectivity index (χ3n) is 2.44. The molecule has 3 nitrogen and oxygen atoms in total. The molecule has 1 aromatic rings. The molecule has 2 N–H and O–H groups in total. The lowest BCUT2D eigenvalue weighted by molar-refractivity contribution is -0.115. The molecule has 17 heavy (non-hydrogen) atoms. The van der Waals surface area contributed by atoms with E-state index in [1.165, 1.54) is 5.56 Å². The van der Waals surface area contributed by atoms with Crippen LogP contribution >= 0.6 is 0 Å². The van der Waals surface area contributed by atoms with Crippen LogP contribution in [-0.2, 0) is 4.79 Å². The van der Waals surface area contributed by atoms with Crippen molar-refractivity contribution >= 4 is 11.6 Å². The van der Waals surface area contributed by atoms with Gasteiger partial charge in [0.2, 0.25) is 5.91 Å². The molecule has 0 unspecified atom stereocenters. The molecule has 0 saturated carbocycles. The molecule has 0 atom stereocenters. The molecule has 0 saturated heterocycles. The Bertz CT molecular complexity index is 405. The minimum Gasteiger partial charge on any atom is -0.325 e. The summed E-state index contributed by atoms with van der Waals surface area (Å²) in [7, 11) is 0. The number of hydrogen-bond donors (Lipinski definition) is 2. The van der Waals surface area contributed by atoms with Gasteiger partial charge in [-0.3, -0.25) is 4.79 Å². The summed E-state index contributed by atoms with van der Waals surface area (Å²) in [5.41, 5.74) is 3.14. The van der Waals surface area contributed by atoms with E-state index in [1.54, 1.807) is 0 Å². The zero-order valence-corrected chi connectivity index (χ0v) is 11.3. The van der Waals surface area contributed by atoms with Gasteiger partial charge in [-0.25, -0.2) is 0 Å². The van der Waals surface area contributed by atoms with Gasteiger partial charge in [-0.15, -0.1) is 0 Å². The van der Waals surface area contributed by atoms with E-state index in [0.717, 1.165) is 11.3 Å². The molecule has 3 heteroatoms. The van der Waals surface area contributed by atoms with Gasteiger partial charge in [0, 0.05) is 11.2 Å². The van der Waals surface area contributed by atoms with Crippen LogP contribution in [0.5, 0.6) is 0 Å². The van der Waals surface area contributed by atoms with Crippen molar-refractivity contribution in [2.24, 2.45) is 0 Å². The summed E-state index contributed by atoms with van der Waals surface area (Å²) in [6.45, 7) is 10.5. The van der Waals surface area contributed by atoms with Crippen LogP contribution in [0.15, 0.2) is 18.2 Å². The van der Waals surface area contributed by atoms with Crippen molar-refractivity contribution in [1.82, 2.24) is 5.32 Å². The normalized spacial score (nSPS) is 11.4. The first-order valence-corrected chi connectivity index (χ1v) is 5.90. The Kier molecular flexibility index (Phi) is 4.29. The molecule has 1 amide bonds. The standard InChI is InChI=1S/C14H22N2O/c1-10-6-7-12(11(2)8-10)16-13(17)9-15-14(3,4)5/h6-8,15H,9H2,1-5H3,(H,16,17). The second-order valence-electron chi connectivity index (χ2n) is 5.47. The monoisotopic (exact) mass is 234 g/mol. The van der Waals surface area contributed by atoms with Crippen molar-refractivity contribution in [3.8, 4) is 0 Å². The van der Waals surface area contributed by atoms with Gasteiger partial charge < -0.3 is 10.6 Å². The van der Waals surface area contributed by atoms with Gasteiger partial charge in [-0.2, -0.15) is 0 Å². The molecule has 0 aliphatic rings. The van der Waals surface area contributed by atoms with E-state index in [0.29, 0.717) is 6.54 Å². The molecular weight excluding hydrogens is 212 g/mol. The third kappa shape index (κ3) is 5.00. The predicted molar refractivity (Wildman–Crippen MR) is 72.3 cm³/mol. The van der Waals surface area contributed by atoms with E-state index in [4.69, 9.17) is 0 Å². The van der Waals surface area contributed by atoms with E-state index in [2.05, 4.69) is 16.7 Å². The predicted octanol–water partition coefficient (Wildman–Crippen LogP) is 2.63. The van der Waals surface area contributed by atoms with E-state index in [-0.39, 0.29) is 11.4 Å². The first-order valence-electron chi connectivity index (χ1n) is 5.90. The van der Waals surface area contributed by atoms with E-state index >= 15 is 0 Å². The van der Waals surface area contributed by atoms with Crippen molar-refractivity contribution in [3.05, 3.63) is 29.3 Å². The molecule has 0 aliphatic carbocycles. The quantitative estimate of drug-likeness (QED) is 0.844. The Hall–Kier alpha value is -1.35. The van der Waals surface area contributed by atoms with Gasteiger partial charge in [0.15, 0.2) is 0 Å². The average Bonchev–Trinajstić information content (AvgIpc) is 2.18. The first kappa shape index (κ1) is 13.7. The summed E-state index contributed by atoms with van der Waals surface area (Å²) >= 11 is 0. The van der Waals surface area contributed by atoms with Gasteiger partial charge in [0.25, 0.3) is 0 Å². The highest BCUT2D eigenvalue weighted by Crippen LogP contribution is 2.15. The fourth-order valence-electron chi connectivity index (χ4n) is 1.49. The van der Waals surface area contributed by atoms with Gasteiger partial charge in [0.05, 0.1) is 6.54 Å². The van der Waals surface area contributed by atoms with Crippen LogP contribution in [0, 0.1) is 13.8 Å². The summed E-state index contributed by atoms with van der Waals surface area (Å²) in [5.74, 6) is -0.00752.